The molecule has 3 N–H and O–H groups in total. The third kappa shape index (κ3) is 5.87. The third-order valence-corrected chi connectivity index (χ3v) is 5.37. The molecule has 130 valence electrons. The van der Waals surface area contributed by atoms with Gasteiger partial charge >= 0.3 is 0 Å². The second-order valence-corrected chi connectivity index (χ2v) is 6.91. The molecule has 2 rings (SSSR count). The van der Waals surface area contributed by atoms with Crippen LogP contribution in [0.4, 0.5) is 0 Å². The fraction of sp³-hybridized carbons (Fsp3) is 0.941. The molecule has 2 aliphatic carbocycles. The normalized spacial score (nSPS) is 28.0. The lowest BCUT2D eigenvalue weighted by molar-refractivity contribution is 0.120. The zero-order valence-corrected chi connectivity index (χ0v) is 16.6. The van der Waals surface area contributed by atoms with E-state index in [-0.39, 0.29) is 30.1 Å². The Hall–Kier alpha value is -0.0400. The molecule has 2 saturated carbocycles. The Morgan fingerprint density at radius 2 is 1.77 bits per heavy atom. The smallest absolute Gasteiger partial charge is 0.191 e. The first-order chi connectivity index (χ1) is 10.2. The van der Waals surface area contributed by atoms with Crippen molar-refractivity contribution < 1.29 is 5.11 Å². The first-order valence-corrected chi connectivity index (χ1v) is 8.90. The van der Waals surface area contributed by atoms with Crippen molar-refractivity contribution in [1.29, 1.82) is 0 Å². The quantitative estimate of drug-likeness (QED) is 0.361. The number of aliphatic hydroxyl groups excluding tert-OH is 1. The maximum Gasteiger partial charge on any atom is 0.191 e. The van der Waals surface area contributed by atoms with Crippen LogP contribution < -0.4 is 10.6 Å². The van der Waals surface area contributed by atoms with Crippen LogP contribution in [0.5, 0.6) is 0 Å². The van der Waals surface area contributed by atoms with Crippen LogP contribution in [0, 0.1) is 5.41 Å². The second-order valence-electron chi connectivity index (χ2n) is 6.91. The Balaban J connectivity index is 0.00000242. The lowest BCUT2D eigenvalue weighted by Gasteiger charge is -2.29. The number of hydrogen-bond acceptors (Lipinski definition) is 2. The number of halogens is 1. The van der Waals surface area contributed by atoms with E-state index in [2.05, 4.69) is 24.5 Å². The molecule has 0 amide bonds. The molecule has 0 aromatic rings. The number of aliphatic imine (C=N–C) groups is 1. The van der Waals surface area contributed by atoms with E-state index in [0.29, 0.717) is 11.5 Å². The van der Waals surface area contributed by atoms with Crippen molar-refractivity contribution >= 4 is 29.9 Å². The van der Waals surface area contributed by atoms with Crippen molar-refractivity contribution in [3.8, 4) is 0 Å². The van der Waals surface area contributed by atoms with Crippen molar-refractivity contribution in [3.05, 3.63) is 0 Å². The summed E-state index contributed by atoms with van der Waals surface area (Å²) in [6.07, 6.45) is 10.5. The molecule has 2 fully saturated rings. The van der Waals surface area contributed by atoms with Gasteiger partial charge in [0, 0.05) is 19.1 Å². The highest BCUT2D eigenvalue weighted by Crippen LogP contribution is 2.41. The van der Waals surface area contributed by atoms with Crippen LogP contribution in [0.15, 0.2) is 4.99 Å². The Labute approximate surface area is 152 Å². The molecule has 22 heavy (non-hydrogen) atoms. The van der Waals surface area contributed by atoms with E-state index in [9.17, 15) is 5.11 Å². The van der Waals surface area contributed by atoms with Gasteiger partial charge in [-0.25, -0.2) is 0 Å². The monoisotopic (exact) mass is 423 g/mol. The van der Waals surface area contributed by atoms with Crippen LogP contribution in [-0.2, 0) is 0 Å². The number of nitrogens with one attached hydrogen (secondary N) is 2. The predicted molar refractivity (Wildman–Crippen MR) is 104 cm³/mol. The summed E-state index contributed by atoms with van der Waals surface area (Å²) < 4.78 is 0. The maximum atomic E-state index is 9.60. The molecule has 0 atom stereocenters. The number of aliphatic hydroxyl groups is 1. The summed E-state index contributed by atoms with van der Waals surface area (Å²) in [6.45, 7) is 6.28. The first kappa shape index (κ1) is 20.0. The highest BCUT2D eigenvalue weighted by atomic mass is 127. The number of guanidine groups is 1. The summed E-state index contributed by atoms with van der Waals surface area (Å²) in [7, 11) is 0. The van der Waals surface area contributed by atoms with Crippen LogP contribution in [-0.4, -0.2) is 36.3 Å². The minimum absolute atomic E-state index is 0. The summed E-state index contributed by atoms with van der Waals surface area (Å²) in [6, 6.07) is 0.465. The van der Waals surface area contributed by atoms with Crippen LogP contribution >= 0.6 is 24.0 Å². The van der Waals surface area contributed by atoms with Gasteiger partial charge in [0.05, 0.1) is 6.10 Å². The Bertz CT molecular complexity index is 335. The topological polar surface area (TPSA) is 56.7 Å². The van der Waals surface area contributed by atoms with Crippen LogP contribution in [0.1, 0.15) is 71.6 Å². The van der Waals surface area contributed by atoms with Crippen molar-refractivity contribution in [1.82, 2.24) is 10.6 Å². The van der Waals surface area contributed by atoms with Gasteiger partial charge in [0.25, 0.3) is 0 Å². The molecular weight excluding hydrogens is 389 g/mol. The molecule has 2 aliphatic rings. The van der Waals surface area contributed by atoms with Crippen molar-refractivity contribution in [2.24, 2.45) is 10.4 Å². The summed E-state index contributed by atoms with van der Waals surface area (Å²) >= 11 is 0. The molecule has 0 heterocycles. The van der Waals surface area contributed by atoms with Gasteiger partial charge in [-0.2, -0.15) is 0 Å². The molecule has 0 spiro atoms. The van der Waals surface area contributed by atoms with E-state index in [0.717, 1.165) is 44.7 Å². The predicted octanol–water partition coefficient (Wildman–Crippen LogP) is 3.43. The van der Waals surface area contributed by atoms with Gasteiger partial charge in [-0.3, -0.25) is 4.99 Å². The summed E-state index contributed by atoms with van der Waals surface area (Å²) in [4.78, 5) is 4.88. The second kappa shape index (κ2) is 9.96. The van der Waals surface area contributed by atoms with Crippen LogP contribution in [0.25, 0.3) is 0 Å². The van der Waals surface area contributed by atoms with Crippen molar-refractivity contribution in [3.63, 3.8) is 0 Å². The van der Waals surface area contributed by atoms with Gasteiger partial charge < -0.3 is 15.7 Å². The molecule has 0 aromatic carbocycles. The minimum atomic E-state index is -0.0931. The zero-order valence-electron chi connectivity index (χ0n) is 14.2. The van der Waals surface area contributed by atoms with Crippen molar-refractivity contribution in [2.45, 2.75) is 83.8 Å². The molecular formula is C17H34IN3O. The van der Waals surface area contributed by atoms with Crippen molar-refractivity contribution in [2.75, 3.05) is 13.1 Å². The highest BCUT2D eigenvalue weighted by Gasteiger charge is 2.31. The number of rotatable bonds is 5. The zero-order chi connectivity index (χ0) is 15.1. The Morgan fingerprint density at radius 3 is 2.32 bits per heavy atom. The minimum Gasteiger partial charge on any atom is -0.393 e. The molecule has 4 nitrogen and oxygen atoms in total. The molecule has 0 aromatic heterocycles. The van der Waals surface area contributed by atoms with Gasteiger partial charge in [-0.1, -0.05) is 19.8 Å². The summed E-state index contributed by atoms with van der Waals surface area (Å²) in [5, 5.41) is 16.6. The number of hydrogen-bond donors (Lipinski definition) is 3. The Morgan fingerprint density at radius 1 is 1.14 bits per heavy atom. The van der Waals surface area contributed by atoms with Crippen LogP contribution in [0.3, 0.4) is 0 Å². The first-order valence-electron chi connectivity index (χ1n) is 8.90. The van der Waals surface area contributed by atoms with Crippen LogP contribution in [0.2, 0.25) is 0 Å². The van der Waals surface area contributed by atoms with Gasteiger partial charge in [0.2, 0.25) is 0 Å². The summed E-state index contributed by atoms with van der Waals surface area (Å²) in [5.41, 5.74) is 0.450. The lowest BCUT2D eigenvalue weighted by Crippen LogP contribution is -2.45. The molecule has 5 heteroatoms. The fourth-order valence-corrected chi connectivity index (χ4v) is 3.73. The average Bonchev–Trinajstić information content (AvgIpc) is 2.97. The molecule has 0 bridgehead atoms. The van der Waals surface area contributed by atoms with E-state index in [1.807, 2.05) is 0 Å². The largest absolute Gasteiger partial charge is 0.393 e. The Kier molecular flexibility index (Phi) is 9.05. The summed E-state index contributed by atoms with van der Waals surface area (Å²) in [5.74, 6) is 0.971. The van der Waals surface area contributed by atoms with Gasteiger partial charge in [-0.05, 0) is 57.3 Å². The lowest BCUT2D eigenvalue weighted by atomic mass is 9.83. The number of nitrogens with zero attached hydrogens (tertiary/aromatic N) is 1. The standard InChI is InChI=1S/C17H33N3O.HI/c1-3-17(11-5-6-12-17)13-19-16(18-4-2)20-14-7-9-15(21)10-8-14;/h14-15,21H,3-13H2,1-2H3,(H2,18,19,20);1H. The maximum absolute atomic E-state index is 9.60. The third-order valence-electron chi connectivity index (χ3n) is 5.37. The molecule has 0 saturated heterocycles. The molecule has 0 radical (unpaired) electrons. The van der Waals surface area contributed by atoms with E-state index in [1.54, 1.807) is 0 Å². The van der Waals surface area contributed by atoms with E-state index < -0.39 is 0 Å². The van der Waals surface area contributed by atoms with E-state index in [1.165, 1.54) is 32.1 Å². The van der Waals surface area contributed by atoms with E-state index in [4.69, 9.17) is 4.99 Å². The van der Waals surface area contributed by atoms with Gasteiger partial charge in [-0.15, -0.1) is 24.0 Å². The molecule has 0 unspecified atom stereocenters. The molecule has 0 aliphatic heterocycles. The van der Waals surface area contributed by atoms with Gasteiger partial charge in [0.15, 0.2) is 5.96 Å². The van der Waals surface area contributed by atoms with Gasteiger partial charge in [0.1, 0.15) is 0 Å². The highest BCUT2D eigenvalue weighted by molar-refractivity contribution is 14.0. The SMILES string of the molecule is CCNC(=NCC1(CC)CCCC1)NC1CCC(O)CC1.I. The fourth-order valence-electron chi connectivity index (χ4n) is 3.73. The average molecular weight is 423 g/mol. The van der Waals surface area contributed by atoms with E-state index >= 15 is 0 Å².